The first kappa shape index (κ1) is 22.9. The Labute approximate surface area is 187 Å². The number of esters is 1. The minimum absolute atomic E-state index is 0.248. The zero-order valence-electron chi connectivity index (χ0n) is 18.4. The monoisotopic (exact) mass is 439 g/mol. The van der Waals surface area contributed by atoms with Gasteiger partial charge in [-0.2, -0.15) is 0 Å². The smallest absolute Gasteiger partial charge is 0.333 e. The Bertz CT molecular complexity index is 1090. The minimum Gasteiger partial charge on any atom is -0.505 e. The summed E-state index contributed by atoms with van der Waals surface area (Å²) in [6, 6.07) is 9.88. The summed E-state index contributed by atoms with van der Waals surface area (Å²) in [6.45, 7) is 9.75. The highest BCUT2D eigenvalue weighted by Gasteiger charge is 2.14. The molecule has 3 rings (SSSR count). The Kier molecular flexibility index (Phi) is 7.74. The quantitative estimate of drug-likeness (QED) is 0.198. The van der Waals surface area contributed by atoms with Crippen molar-refractivity contribution in [3.05, 3.63) is 53.6 Å². The lowest BCUT2D eigenvalue weighted by Crippen LogP contribution is -2.06. The predicted octanol–water partition coefficient (Wildman–Crippen LogP) is 5.38. The van der Waals surface area contributed by atoms with E-state index in [9.17, 15) is 9.90 Å². The summed E-state index contributed by atoms with van der Waals surface area (Å²) in [5.74, 6) is 0.723. The molecule has 0 unspecified atom stereocenters. The molecule has 1 N–H and O–H groups in total. The zero-order chi connectivity index (χ0) is 22.4. The number of aromatic nitrogens is 3. The number of aryl methyl sites for hydroxylation is 2. The topological polar surface area (TPSA) is 77.2 Å². The van der Waals surface area contributed by atoms with Crippen LogP contribution >= 0.6 is 11.8 Å². The van der Waals surface area contributed by atoms with E-state index in [1.807, 2.05) is 37.3 Å². The second kappa shape index (κ2) is 10.5. The van der Waals surface area contributed by atoms with Crippen molar-refractivity contribution in [2.75, 3.05) is 12.4 Å². The second-order valence-corrected chi connectivity index (χ2v) is 8.82. The molecule has 7 heteroatoms. The van der Waals surface area contributed by atoms with E-state index >= 15 is 0 Å². The number of carbonyl (C=O) groups is 1. The van der Waals surface area contributed by atoms with E-state index in [4.69, 9.17) is 4.74 Å². The number of phenolic OH excluding ortho intramolecular Hbond substituents is 1. The maximum Gasteiger partial charge on any atom is 0.333 e. The van der Waals surface area contributed by atoms with Crippen LogP contribution in [0.1, 0.15) is 44.2 Å². The molecule has 0 aliphatic carbocycles. The number of hydrogen-bond acceptors (Lipinski definition) is 6. The Morgan fingerprint density at radius 1 is 1.19 bits per heavy atom. The third-order valence-electron chi connectivity index (χ3n) is 4.82. The van der Waals surface area contributed by atoms with Crippen LogP contribution in [-0.4, -0.2) is 38.4 Å². The number of ether oxygens (including phenoxy) is 1. The lowest BCUT2D eigenvalue weighted by molar-refractivity contribution is -0.138. The largest absolute Gasteiger partial charge is 0.505 e. The van der Waals surface area contributed by atoms with Gasteiger partial charge in [0, 0.05) is 16.2 Å². The van der Waals surface area contributed by atoms with Crippen LogP contribution in [0.2, 0.25) is 0 Å². The molecule has 1 heterocycles. The molecule has 0 aliphatic rings. The highest BCUT2D eigenvalue weighted by atomic mass is 32.2. The lowest BCUT2D eigenvalue weighted by atomic mass is 10.0. The van der Waals surface area contributed by atoms with Crippen molar-refractivity contribution in [2.45, 2.75) is 51.3 Å². The summed E-state index contributed by atoms with van der Waals surface area (Å²) >= 11 is 1.68. The fraction of sp³-hybridized carbons (Fsp3) is 0.375. The Morgan fingerprint density at radius 2 is 1.97 bits per heavy atom. The molecule has 31 heavy (non-hydrogen) atoms. The van der Waals surface area contributed by atoms with Gasteiger partial charge in [-0.1, -0.05) is 26.0 Å². The van der Waals surface area contributed by atoms with E-state index in [-0.39, 0.29) is 11.7 Å². The molecule has 0 saturated carbocycles. The predicted molar refractivity (Wildman–Crippen MR) is 125 cm³/mol. The molecular weight excluding hydrogens is 410 g/mol. The van der Waals surface area contributed by atoms with E-state index in [0.29, 0.717) is 17.9 Å². The zero-order valence-corrected chi connectivity index (χ0v) is 19.2. The van der Waals surface area contributed by atoms with Gasteiger partial charge < -0.3 is 9.84 Å². The molecule has 0 amide bonds. The van der Waals surface area contributed by atoms with Crippen LogP contribution < -0.4 is 0 Å². The van der Waals surface area contributed by atoms with E-state index in [2.05, 4.69) is 23.7 Å². The Morgan fingerprint density at radius 3 is 2.71 bits per heavy atom. The van der Waals surface area contributed by atoms with Gasteiger partial charge in [-0.25, -0.2) is 4.79 Å². The summed E-state index contributed by atoms with van der Waals surface area (Å²) in [6.07, 6.45) is 3.69. The number of rotatable bonds is 10. The molecule has 0 atom stereocenters. The van der Waals surface area contributed by atoms with Gasteiger partial charge >= 0.3 is 5.97 Å². The minimum atomic E-state index is -0.347. The number of phenols is 1. The van der Waals surface area contributed by atoms with Gasteiger partial charge in [-0.05, 0) is 68.5 Å². The molecule has 164 valence electrons. The molecule has 2 aromatic carbocycles. The number of hydrogen-bond donors (Lipinski definition) is 1. The lowest BCUT2D eigenvalue weighted by Gasteiger charge is -2.10. The molecular formula is C24H29N3O3S. The van der Waals surface area contributed by atoms with Gasteiger partial charge in [0.1, 0.15) is 22.5 Å². The summed E-state index contributed by atoms with van der Waals surface area (Å²) in [4.78, 5) is 14.0. The third kappa shape index (κ3) is 5.88. The van der Waals surface area contributed by atoms with E-state index in [1.165, 1.54) is 4.80 Å². The Balaban J connectivity index is 1.71. The fourth-order valence-electron chi connectivity index (χ4n) is 3.17. The number of unbranched alkanes of at least 4 members (excludes halogenated alkanes) is 1. The number of aromatic hydroxyl groups is 1. The first-order valence-corrected chi connectivity index (χ1v) is 11.5. The number of benzene rings is 2. The molecule has 0 fully saturated rings. The van der Waals surface area contributed by atoms with E-state index in [0.717, 1.165) is 58.5 Å². The van der Waals surface area contributed by atoms with Crippen LogP contribution in [0, 0.1) is 6.92 Å². The number of nitrogens with zero attached hydrogens (tertiary/aromatic N) is 3. The van der Waals surface area contributed by atoms with Crippen LogP contribution in [-0.2, 0) is 16.0 Å². The number of carbonyl (C=O) groups excluding carboxylic acids is 1. The molecule has 0 bridgehead atoms. The summed E-state index contributed by atoms with van der Waals surface area (Å²) in [5.41, 5.74) is 4.57. The van der Waals surface area contributed by atoms with Crippen molar-refractivity contribution in [2.24, 2.45) is 0 Å². The van der Waals surface area contributed by atoms with Crippen molar-refractivity contribution in [3.63, 3.8) is 0 Å². The van der Waals surface area contributed by atoms with Crippen LogP contribution in [0.4, 0.5) is 0 Å². The van der Waals surface area contributed by atoms with Crippen LogP contribution in [0.3, 0.4) is 0 Å². The summed E-state index contributed by atoms with van der Waals surface area (Å²) in [5, 5.41) is 19.9. The van der Waals surface area contributed by atoms with E-state index < -0.39 is 0 Å². The van der Waals surface area contributed by atoms with Gasteiger partial charge in [-0.3, -0.25) is 0 Å². The average Bonchev–Trinajstić information content (AvgIpc) is 3.16. The van der Waals surface area contributed by atoms with Gasteiger partial charge in [0.15, 0.2) is 0 Å². The van der Waals surface area contributed by atoms with Crippen molar-refractivity contribution in [1.29, 1.82) is 0 Å². The van der Waals surface area contributed by atoms with Crippen LogP contribution in [0.5, 0.6) is 5.75 Å². The maximum absolute atomic E-state index is 11.4. The Hall–Kier alpha value is -2.80. The van der Waals surface area contributed by atoms with Crippen LogP contribution in [0.15, 0.2) is 47.4 Å². The van der Waals surface area contributed by atoms with Gasteiger partial charge in [0.2, 0.25) is 0 Å². The first-order chi connectivity index (χ1) is 14.9. The molecule has 0 saturated heterocycles. The first-order valence-electron chi connectivity index (χ1n) is 10.5. The SMILES string of the molecule is C=C(C)C(=O)OCCCSc1ccc2nn(-c3cc(C)cc(CCCC)c3O)nc2c1. The molecule has 0 radical (unpaired) electrons. The standard InChI is InChI=1S/C24H29N3O3S/c1-5-6-8-18-13-17(4)14-22(23(18)28)27-25-20-10-9-19(15-21(20)26-27)31-12-7-11-30-24(29)16(2)3/h9-10,13-15,28H,2,5-8,11-12H2,1,3-4H3. The molecule has 3 aromatic rings. The molecule has 6 nitrogen and oxygen atoms in total. The normalized spacial score (nSPS) is 11.1. The van der Waals surface area contributed by atoms with Crippen molar-refractivity contribution in [3.8, 4) is 11.4 Å². The third-order valence-corrected chi connectivity index (χ3v) is 5.90. The highest BCUT2D eigenvalue weighted by Crippen LogP contribution is 2.30. The molecule has 0 aliphatic heterocycles. The van der Waals surface area contributed by atoms with Crippen molar-refractivity contribution < 1.29 is 14.6 Å². The van der Waals surface area contributed by atoms with Crippen molar-refractivity contribution >= 4 is 28.8 Å². The van der Waals surface area contributed by atoms with Crippen molar-refractivity contribution in [1.82, 2.24) is 15.0 Å². The van der Waals surface area contributed by atoms with Gasteiger partial charge in [-0.15, -0.1) is 26.8 Å². The van der Waals surface area contributed by atoms with Gasteiger partial charge in [0.25, 0.3) is 0 Å². The average molecular weight is 440 g/mol. The van der Waals surface area contributed by atoms with Crippen LogP contribution in [0.25, 0.3) is 16.7 Å². The number of fused-ring (bicyclic) bond motifs is 1. The summed E-state index contributed by atoms with van der Waals surface area (Å²) < 4.78 is 5.12. The highest BCUT2D eigenvalue weighted by molar-refractivity contribution is 7.99. The summed E-state index contributed by atoms with van der Waals surface area (Å²) in [7, 11) is 0. The maximum atomic E-state index is 11.4. The second-order valence-electron chi connectivity index (χ2n) is 7.65. The fourth-order valence-corrected chi connectivity index (χ4v) is 4.03. The van der Waals surface area contributed by atoms with E-state index in [1.54, 1.807) is 18.7 Å². The molecule has 1 aromatic heterocycles. The molecule has 0 spiro atoms. The van der Waals surface area contributed by atoms with Gasteiger partial charge in [0.05, 0.1) is 6.61 Å². The number of thioether (sulfide) groups is 1.